The van der Waals surface area contributed by atoms with Crippen LogP contribution in [0.5, 0.6) is 0 Å². The molecule has 0 fully saturated rings. The Labute approximate surface area is 78.5 Å². The van der Waals surface area contributed by atoms with Crippen molar-refractivity contribution in [2.24, 2.45) is 0 Å². The third-order valence-electron chi connectivity index (χ3n) is 2.05. The van der Waals surface area contributed by atoms with Crippen LogP contribution in [0, 0.1) is 0 Å². The molecule has 0 aliphatic rings. The van der Waals surface area contributed by atoms with E-state index in [9.17, 15) is 0 Å². The topological polar surface area (TPSA) is 26.0 Å². The minimum Gasteiger partial charge on any atom is -0.398 e. The Hall–Kier alpha value is -0.690. The summed E-state index contributed by atoms with van der Waals surface area (Å²) in [5, 5.41) is 0.800. The van der Waals surface area contributed by atoms with Gasteiger partial charge in [-0.3, -0.25) is 0 Å². The van der Waals surface area contributed by atoms with Gasteiger partial charge in [0.1, 0.15) is 0 Å². The van der Waals surface area contributed by atoms with Crippen LogP contribution in [0.4, 0.5) is 5.69 Å². The van der Waals surface area contributed by atoms with E-state index >= 15 is 0 Å². The monoisotopic (exact) mass is 183 g/mol. The smallest absolute Gasteiger partial charge is 0.0461 e. The van der Waals surface area contributed by atoms with Crippen molar-refractivity contribution in [1.82, 2.24) is 0 Å². The fraction of sp³-hybridized carbons (Fsp3) is 0.400. The molecule has 0 aliphatic heterocycles. The molecule has 0 spiro atoms. The molecule has 0 saturated carbocycles. The zero-order chi connectivity index (χ0) is 9.14. The molecule has 1 aromatic rings. The Morgan fingerprint density at radius 2 is 1.92 bits per heavy atom. The molecule has 0 unspecified atom stereocenters. The van der Waals surface area contributed by atoms with E-state index in [0.29, 0.717) is 0 Å². The van der Waals surface area contributed by atoms with Gasteiger partial charge in [0.25, 0.3) is 0 Å². The van der Waals surface area contributed by atoms with Crippen molar-refractivity contribution < 1.29 is 0 Å². The summed E-state index contributed by atoms with van der Waals surface area (Å²) < 4.78 is 0. The average molecular weight is 184 g/mol. The van der Waals surface area contributed by atoms with Gasteiger partial charge in [0.15, 0.2) is 0 Å². The molecule has 66 valence electrons. The van der Waals surface area contributed by atoms with Crippen LogP contribution in [0.25, 0.3) is 0 Å². The van der Waals surface area contributed by atoms with Crippen molar-refractivity contribution in [3.63, 3.8) is 0 Å². The van der Waals surface area contributed by atoms with Crippen molar-refractivity contribution in [3.8, 4) is 0 Å². The highest BCUT2D eigenvalue weighted by Crippen LogP contribution is 2.25. The Morgan fingerprint density at radius 3 is 2.33 bits per heavy atom. The van der Waals surface area contributed by atoms with Crippen LogP contribution >= 0.6 is 11.6 Å². The fourth-order valence-electron chi connectivity index (χ4n) is 1.29. The lowest BCUT2D eigenvalue weighted by atomic mass is 10.1. The highest BCUT2D eigenvalue weighted by Gasteiger charge is 2.03. The molecular weight excluding hydrogens is 170 g/mol. The Bertz CT molecular complexity index is 258. The summed E-state index contributed by atoms with van der Waals surface area (Å²) in [6.45, 7) is 4.15. The van der Waals surface area contributed by atoms with Crippen LogP contribution in [0.15, 0.2) is 12.1 Å². The predicted octanol–water partition coefficient (Wildman–Crippen LogP) is 3.05. The summed E-state index contributed by atoms with van der Waals surface area (Å²) in [7, 11) is 0. The number of hydrogen-bond acceptors (Lipinski definition) is 1. The lowest BCUT2D eigenvalue weighted by Crippen LogP contribution is -1.95. The number of rotatable bonds is 2. The van der Waals surface area contributed by atoms with Crippen LogP contribution in [0.3, 0.4) is 0 Å². The van der Waals surface area contributed by atoms with Gasteiger partial charge in [0, 0.05) is 10.7 Å². The molecule has 0 aliphatic carbocycles. The van der Waals surface area contributed by atoms with Gasteiger partial charge in [-0.1, -0.05) is 25.4 Å². The molecule has 0 heterocycles. The van der Waals surface area contributed by atoms with Gasteiger partial charge in [-0.05, 0) is 36.1 Å². The van der Waals surface area contributed by atoms with E-state index in [-0.39, 0.29) is 0 Å². The van der Waals surface area contributed by atoms with E-state index in [1.807, 2.05) is 12.1 Å². The lowest BCUT2D eigenvalue weighted by Gasteiger charge is -2.07. The predicted molar refractivity (Wildman–Crippen MR) is 54.6 cm³/mol. The van der Waals surface area contributed by atoms with Gasteiger partial charge in [0.05, 0.1) is 0 Å². The molecule has 12 heavy (non-hydrogen) atoms. The summed E-state index contributed by atoms with van der Waals surface area (Å²) in [4.78, 5) is 0. The van der Waals surface area contributed by atoms with Crippen molar-refractivity contribution in [3.05, 3.63) is 28.3 Å². The maximum absolute atomic E-state index is 6.03. The zero-order valence-corrected chi connectivity index (χ0v) is 8.28. The van der Waals surface area contributed by atoms with E-state index in [1.165, 1.54) is 5.56 Å². The second-order valence-corrected chi connectivity index (χ2v) is 3.26. The molecule has 0 aromatic heterocycles. The molecular formula is C10H14ClN. The highest BCUT2D eigenvalue weighted by molar-refractivity contribution is 6.31. The Kier molecular flexibility index (Phi) is 2.99. The van der Waals surface area contributed by atoms with E-state index < -0.39 is 0 Å². The maximum Gasteiger partial charge on any atom is 0.0461 e. The maximum atomic E-state index is 6.03. The summed E-state index contributed by atoms with van der Waals surface area (Å²) in [6, 6.07) is 4.00. The van der Waals surface area contributed by atoms with Crippen LogP contribution in [-0.4, -0.2) is 0 Å². The minimum absolute atomic E-state index is 0.800. The van der Waals surface area contributed by atoms with Crippen LogP contribution in [-0.2, 0) is 12.8 Å². The lowest BCUT2D eigenvalue weighted by molar-refractivity contribution is 1.10. The number of hydrogen-bond donors (Lipinski definition) is 1. The molecule has 2 N–H and O–H groups in total. The van der Waals surface area contributed by atoms with Gasteiger partial charge < -0.3 is 5.73 Å². The second-order valence-electron chi connectivity index (χ2n) is 2.85. The largest absolute Gasteiger partial charge is 0.398 e. The van der Waals surface area contributed by atoms with Gasteiger partial charge in [-0.25, -0.2) is 0 Å². The summed E-state index contributed by atoms with van der Waals surface area (Å²) >= 11 is 6.03. The molecule has 1 nitrogen and oxygen atoms in total. The first-order valence-corrected chi connectivity index (χ1v) is 4.63. The number of aryl methyl sites for hydroxylation is 1. The van der Waals surface area contributed by atoms with Crippen molar-refractivity contribution in [2.75, 3.05) is 5.73 Å². The zero-order valence-electron chi connectivity index (χ0n) is 7.52. The number of benzene rings is 1. The average Bonchev–Trinajstić information content (AvgIpc) is 2.03. The fourth-order valence-corrected chi connectivity index (χ4v) is 1.68. The minimum atomic E-state index is 0.800. The third kappa shape index (κ3) is 1.72. The first-order valence-electron chi connectivity index (χ1n) is 4.25. The molecule has 2 heteroatoms. The van der Waals surface area contributed by atoms with Crippen LogP contribution in [0.2, 0.25) is 5.02 Å². The molecule has 0 bridgehead atoms. The number of nitrogen functional groups attached to an aromatic ring is 1. The molecule has 0 amide bonds. The summed E-state index contributed by atoms with van der Waals surface area (Å²) in [5.74, 6) is 0. The van der Waals surface area contributed by atoms with Crippen molar-refractivity contribution in [2.45, 2.75) is 26.7 Å². The van der Waals surface area contributed by atoms with Crippen LogP contribution < -0.4 is 5.73 Å². The number of anilines is 1. The van der Waals surface area contributed by atoms with Gasteiger partial charge in [-0.15, -0.1) is 0 Å². The van der Waals surface area contributed by atoms with Crippen LogP contribution in [0.1, 0.15) is 25.0 Å². The molecule has 0 radical (unpaired) electrons. The quantitative estimate of drug-likeness (QED) is 0.701. The summed E-state index contributed by atoms with van der Waals surface area (Å²) in [6.07, 6.45) is 1.88. The standard InChI is InChI=1S/C10H14ClN/c1-3-7-5-9(11)8(4-2)10(12)6-7/h5-6H,3-4,12H2,1-2H3. The Balaban J connectivity index is 3.18. The SMILES string of the molecule is CCc1cc(N)c(CC)c(Cl)c1. The third-order valence-corrected chi connectivity index (χ3v) is 2.39. The summed E-state index contributed by atoms with van der Waals surface area (Å²) in [5.41, 5.74) is 8.91. The molecule has 1 rings (SSSR count). The molecule has 0 atom stereocenters. The van der Waals surface area contributed by atoms with Gasteiger partial charge >= 0.3 is 0 Å². The van der Waals surface area contributed by atoms with Crippen molar-refractivity contribution in [1.29, 1.82) is 0 Å². The van der Waals surface area contributed by atoms with Gasteiger partial charge in [0.2, 0.25) is 0 Å². The highest BCUT2D eigenvalue weighted by atomic mass is 35.5. The van der Waals surface area contributed by atoms with Gasteiger partial charge in [-0.2, -0.15) is 0 Å². The molecule has 0 saturated heterocycles. The first kappa shape index (κ1) is 9.40. The first-order chi connectivity index (χ1) is 5.69. The second kappa shape index (κ2) is 3.81. The van der Waals surface area contributed by atoms with E-state index in [0.717, 1.165) is 29.1 Å². The Morgan fingerprint density at radius 1 is 1.25 bits per heavy atom. The van der Waals surface area contributed by atoms with E-state index in [2.05, 4.69) is 13.8 Å². The molecule has 1 aromatic carbocycles. The van der Waals surface area contributed by atoms with Crippen molar-refractivity contribution >= 4 is 17.3 Å². The van der Waals surface area contributed by atoms with E-state index in [4.69, 9.17) is 17.3 Å². The normalized spacial score (nSPS) is 10.2. The number of nitrogens with two attached hydrogens (primary N) is 1. The number of halogens is 1. The van der Waals surface area contributed by atoms with E-state index in [1.54, 1.807) is 0 Å².